The van der Waals surface area contributed by atoms with Crippen molar-refractivity contribution in [3.63, 3.8) is 0 Å². The molecule has 0 radical (unpaired) electrons. The van der Waals surface area contributed by atoms with E-state index in [1.165, 1.54) is 0 Å². The molecule has 0 saturated carbocycles. The molecule has 8 heteroatoms. The number of sulfone groups is 1. The van der Waals surface area contributed by atoms with Gasteiger partial charge in [-0.3, -0.25) is 9.59 Å². The Labute approximate surface area is 114 Å². The average Bonchev–Trinajstić information content (AvgIpc) is 2.32. The minimum atomic E-state index is -3.56. The molecule has 0 heterocycles. The molecule has 0 saturated heterocycles. The molecular formula is C11H23N3O4S. The molecule has 0 bridgehead atoms. The van der Waals surface area contributed by atoms with Crippen molar-refractivity contribution in [3.05, 3.63) is 0 Å². The number of nitrogens with two attached hydrogens (primary N) is 1. The monoisotopic (exact) mass is 293 g/mol. The summed E-state index contributed by atoms with van der Waals surface area (Å²) in [6.07, 6.45) is 0.576. The quantitative estimate of drug-likeness (QED) is 0.492. The van der Waals surface area contributed by atoms with E-state index in [9.17, 15) is 18.0 Å². The van der Waals surface area contributed by atoms with Crippen LogP contribution in [-0.2, 0) is 19.4 Å². The summed E-state index contributed by atoms with van der Waals surface area (Å²) in [5.74, 6) is -1.83. The smallest absolute Gasteiger partial charge is 0.235 e. The van der Waals surface area contributed by atoms with Crippen molar-refractivity contribution in [1.29, 1.82) is 0 Å². The van der Waals surface area contributed by atoms with Crippen LogP contribution < -0.4 is 16.4 Å². The number of hydrogen-bond acceptors (Lipinski definition) is 5. The summed E-state index contributed by atoms with van der Waals surface area (Å²) in [4.78, 5) is 22.7. The molecule has 2 amide bonds. The number of hydrogen-bond donors (Lipinski definition) is 3. The standard InChI is InChI=1S/C11H23N3O4S/c1-3-9(2)14-11(16)8-19(17,18)7-4-10(15)13-6-5-12/h9H,3-8,12H2,1-2H3,(H,13,15)(H,14,16). The van der Waals surface area contributed by atoms with Gasteiger partial charge in [0.1, 0.15) is 5.75 Å². The Kier molecular flexibility index (Phi) is 8.33. The highest BCUT2D eigenvalue weighted by Crippen LogP contribution is 1.96. The van der Waals surface area contributed by atoms with Crippen molar-refractivity contribution in [2.75, 3.05) is 24.6 Å². The van der Waals surface area contributed by atoms with Gasteiger partial charge < -0.3 is 16.4 Å². The van der Waals surface area contributed by atoms with E-state index >= 15 is 0 Å². The van der Waals surface area contributed by atoms with Gasteiger partial charge >= 0.3 is 0 Å². The molecule has 1 atom stereocenters. The molecule has 7 nitrogen and oxygen atoms in total. The summed E-state index contributed by atoms with van der Waals surface area (Å²) in [5.41, 5.74) is 5.20. The van der Waals surface area contributed by atoms with Crippen LogP contribution in [0.5, 0.6) is 0 Å². The number of rotatable bonds is 9. The lowest BCUT2D eigenvalue weighted by molar-refractivity contribution is -0.121. The van der Waals surface area contributed by atoms with Gasteiger partial charge in [0.15, 0.2) is 9.84 Å². The fourth-order valence-corrected chi connectivity index (χ4v) is 2.36. The third-order valence-corrected chi connectivity index (χ3v) is 4.01. The van der Waals surface area contributed by atoms with E-state index in [4.69, 9.17) is 5.73 Å². The van der Waals surface area contributed by atoms with Gasteiger partial charge in [0.25, 0.3) is 0 Å². The molecule has 4 N–H and O–H groups in total. The van der Waals surface area contributed by atoms with E-state index in [2.05, 4.69) is 10.6 Å². The molecule has 0 fully saturated rings. The zero-order valence-electron chi connectivity index (χ0n) is 11.4. The summed E-state index contributed by atoms with van der Waals surface area (Å²) in [6, 6.07) is -0.0597. The van der Waals surface area contributed by atoms with Gasteiger partial charge in [0.05, 0.1) is 5.75 Å². The van der Waals surface area contributed by atoms with Crippen molar-refractivity contribution in [3.8, 4) is 0 Å². The van der Waals surface area contributed by atoms with Crippen molar-refractivity contribution < 1.29 is 18.0 Å². The first-order valence-corrected chi connectivity index (χ1v) is 8.09. The highest BCUT2D eigenvalue weighted by molar-refractivity contribution is 7.92. The number of carbonyl (C=O) groups is 2. The maximum atomic E-state index is 11.6. The van der Waals surface area contributed by atoms with Crippen LogP contribution in [0.3, 0.4) is 0 Å². The molecule has 0 aliphatic rings. The van der Waals surface area contributed by atoms with E-state index < -0.39 is 21.5 Å². The van der Waals surface area contributed by atoms with E-state index in [1.807, 2.05) is 6.92 Å². The predicted molar refractivity (Wildman–Crippen MR) is 73.2 cm³/mol. The van der Waals surface area contributed by atoms with Crippen LogP contribution in [0.4, 0.5) is 0 Å². The topological polar surface area (TPSA) is 118 Å². The average molecular weight is 293 g/mol. The largest absolute Gasteiger partial charge is 0.355 e. The van der Waals surface area contributed by atoms with Gasteiger partial charge in [0.2, 0.25) is 11.8 Å². The lowest BCUT2D eigenvalue weighted by atomic mass is 10.3. The van der Waals surface area contributed by atoms with Gasteiger partial charge in [-0.2, -0.15) is 0 Å². The maximum Gasteiger partial charge on any atom is 0.235 e. The third-order valence-electron chi connectivity index (χ3n) is 2.48. The van der Waals surface area contributed by atoms with Gasteiger partial charge in [0, 0.05) is 25.6 Å². The van der Waals surface area contributed by atoms with Gasteiger partial charge in [-0.05, 0) is 13.3 Å². The SMILES string of the molecule is CCC(C)NC(=O)CS(=O)(=O)CCC(=O)NCCN. The van der Waals surface area contributed by atoms with E-state index in [0.717, 1.165) is 6.42 Å². The molecular weight excluding hydrogens is 270 g/mol. The first-order chi connectivity index (χ1) is 8.80. The maximum absolute atomic E-state index is 11.6. The molecule has 0 aliphatic heterocycles. The van der Waals surface area contributed by atoms with E-state index in [0.29, 0.717) is 13.1 Å². The van der Waals surface area contributed by atoms with E-state index in [-0.39, 0.29) is 24.1 Å². The number of carbonyl (C=O) groups excluding carboxylic acids is 2. The van der Waals surface area contributed by atoms with Crippen LogP contribution in [0.15, 0.2) is 0 Å². The third kappa shape index (κ3) is 9.43. The normalized spacial score (nSPS) is 12.8. The molecule has 0 aliphatic carbocycles. The molecule has 19 heavy (non-hydrogen) atoms. The first kappa shape index (κ1) is 17.8. The zero-order chi connectivity index (χ0) is 14.9. The Balaban J connectivity index is 4.11. The van der Waals surface area contributed by atoms with Gasteiger partial charge in [-0.25, -0.2) is 8.42 Å². The Hall–Kier alpha value is -1.15. The molecule has 0 spiro atoms. The Morgan fingerprint density at radius 2 is 1.89 bits per heavy atom. The molecule has 0 rings (SSSR count). The van der Waals surface area contributed by atoms with Crippen LogP contribution in [0.1, 0.15) is 26.7 Å². The Morgan fingerprint density at radius 3 is 2.42 bits per heavy atom. The molecule has 0 aromatic heterocycles. The minimum Gasteiger partial charge on any atom is -0.355 e. The van der Waals surface area contributed by atoms with Crippen molar-refractivity contribution >= 4 is 21.7 Å². The second-order valence-corrected chi connectivity index (χ2v) is 6.54. The Bertz CT molecular complexity index is 395. The van der Waals surface area contributed by atoms with Crippen LogP contribution in [0, 0.1) is 0 Å². The predicted octanol–water partition coefficient (Wildman–Crippen LogP) is -1.22. The molecule has 112 valence electrons. The minimum absolute atomic E-state index is 0.0597. The summed E-state index contributed by atoms with van der Waals surface area (Å²) in [5, 5.41) is 5.04. The van der Waals surface area contributed by atoms with Crippen LogP contribution in [0.2, 0.25) is 0 Å². The second-order valence-electron chi connectivity index (χ2n) is 4.36. The van der Waals surface area contributed by atoms with Gasteiger partial charge in [-0.15, -0.1) is 0 Å². The number of amides is 2. The first-order valence-electron chi connectivity index (χ1n) is 6.27. The lowest BCUT2D eigenvalue weighted by Crippen LogP contribution is -2.37. The Morgan fingerprint density at radius 1 is 1.26 bits per heavy atom. The van der Waals surface area contributed by atoms with Crippen molar-refractivity contribution in [2.45, 2.75) is 32.7 Å². The fourth-order valence-electron chi connectivity index (χ4n) is 1.24. The van der Waals surface area contributed by atoms with Gasteiger partial charge in [-0.1, -0.05) is 6.92 Å². The zero-order valence-corrected chi connectivity index (χ0v) is 12.3. The van der Waals surface area contributed by atoms with Crippen LogP contribution >= 0.6 is 0 Å². The van der Waals surface area contributed by atoms with Crippen molar-refractivity contribution in [2.24, 2.45) is 5.73 Å². The van der Waals surface area contributed by atoms with Crippen molar-refractivity contribution in [1.82, 2.24) is 10.6 Å². The molecule has 0 aromatic rings. The lowest BCUT2D eigenvalue weighted by Gasteiger charge is -2.11. The van der Waals surface area contributed by atoms with Crippen LogP contribution in [-0.4, -0.2) is 50.9 Å². The summed E-state index contributed by atoms with van der Waals surface area (Å²) in [6.45, 7) is 4.30. The number of nitrogens with one attached hydrogen (secondary N) is 2. The molecule has 1 unspecified atom stereocenters. The fraction of sp³-hybridized carbons (Fsp3) is 0.818. The highest BCUT2D eigenvalue weighted by atomic mass is 32.2. The van der Waals surface area contributed by atoms with E-state index in [1.54, 1.807) is 6.92 Å². The van der Waals surface area contributed by atoms with Crippen LogP contribution in [0.25, 0.3) is 0 Å². The summed E-state index contributed by atoms with van der Waals surface area (Å²) in [7, 11) is -3.56. The summed E-state index contributed by atoms with van der Waals surface area (Å²) >= 11 is 0. The second kappa shape index (κ2) is 8.87. The highest BCUT2D eigenvalue weighted by Gasteiger charge is 2.18. The summed E-state index contributed by atoms with van der Waals surface area (Å²) < 4.78 is 23.2. The molecule has 0 aromatic carbocycles.